The van der Waals surface area contributed by atoms with E-state index in [1.54, 1.807) is 0 Å². The second kappa shape index (κ2) is 5.91. The lowest BCUT2D eigenvalue weighted by Gasteiger charge is -2.19. The molecule has 0 fully saturated rings. The van der Waals surface area contributed by atoms with Crippen LogP contribution in [-0.4, -0.2) is 22.7 Å². The number of hydrogen-bond acceptors (Lipinski definition) is 6. The van der Waals surface area contributed by atoms with Crippen LogP contribution < -0.4 is 9.64 Å². The van der Waals surface area contributed by atoms with Crippen LogP contribution in [0, 0.1) is 10.1 Å². The van der Waals surface area contributed by atoms with Crippen LogP contribution >= 0.6 is 0 Å². The van der Waals surface area contributed by atoms with Crippen molar-refractivity contribution in [3.8, 4) is 5.75 Å². The number of amides is 2. The molecule has 0 unspecified atom stereocenters. The molecule has 8 nitrogen and oxygen atoms in total. The van der Waals surface area contributed by atoms with Crippen molar-refractivity contribution in [1.29, 1.82) is 0 Å². The minimum atomic E-state index is -0.723. The van der Waals surface area contributed by atoms with E-state index >= 15 is 0 Å². The van der Waals surface area contributed by atoms with Crippen molar-refractivity contribution in [2.75, 3.05) is 4.90 Å². The van der Waals surface area contributed by atoms with Crippen molar-refractivity contribution >= 4 is 29.2 Å². The van der Waals surface area contributed by atoms with Crippen molar-refractivity contribution < 1.29 is 24.0 Å². The average molecular weight is 280 g/mol. The quantitative estimate of drug-likeness (QED) is 0.358. The van der Waals surface area contributed by atoms with Gasteiger partial charge in [0.2, 0.25) is 11.8 Å². The number of carbonyl (C=O) groups is 3. The summed E-state index contributed by atoms with van der Waals surface area (Å²) in [4.78, 5) is 44.8. The van der Waals surface area contributed by atoms with Crippen LogP contribution in [0.4, 0.5) is 11.4 Å². The molecule has 0 saturated carbocycles. The highest BCUT2D eigenvalue weighted by Crippen LogP contribution is 2.32. The molecule has 0 aromatic heterocycles. The summed E-state index contributed by atoms with van der Waals surface area (Å²) >= 11 is 0. The fourth-order valence-electron chi connectivity index (χ4n) is 1.60. The highest BCUT2D eigenvalue weighted by molar-refractivity contribution is 6.14. The minimum Gasteiger partial charge on any atom is -0.424 e. The van der Waals surface area contributed by atoms with Gasteiger partial charge >= 0.3 is 5.97 Å². The van der Waals surface area contributed by atoms with Crippen LogP contribution in [0.2, 0.25) is 0 Å². The van der Waals surface area contributed by atoms with Crippen LogP contribution in [0.25, 0.3) is 0 Å². The highest BCUT2D eigenvalue weighted by atomic mass is 16.6. The van der Waals surface area contributed by atoms with Gasteiger partial charge in [-0.25, -0.2) is 4.90 Å². The van der Waals surface area contributed by atoms with Gasteiger partial charge in [0.05, 0.1) is 16.7 Å². The second-order valence-electron chi connectivity index (χ2n) is 3.88. The van der Waals surface area contributed by atoms with Gasteiger partial charge in [0.15, 0.2) is 5.75 Å². The molecule has 2 amide bonds. The van der Waals surface area contributed by atoms with Gasteiger partial charge in [-0.05, 0) is 6.07 Å². The topological polar surface area (TPSA) is 107 Å². The number of nitro groups is 1. The fourth-order valence-corrected chi connectivity index (χ4v) is 1.60. The fraction of sp³-hybridized carbons (Fsp3) is 0.250. The number of ether oxygens (including phenoxy) is 1. The lowest BCUT2D eigenvalue weighted by molar-refractivity contribution is -0.384. The van der Waals surface area contributed by atoms with Crippen LogP contribution in [-0.2, 0) is 14.4 Å². The maximum absolute atomic E-state index is 11.5. The average Bonchev–Trinajstić information content (AvgIpc) is 2.29. The molecule has 8 heteroatoms. The summed E-state index contributed by atoms with van der Waals surface area (Å²) in [7, 11) is 0. The molecule has 1 rings (SSSR count). The monoisotopic (exact) mass is 280 g/mol. The van der Waals surface area contributed by atoms with Gasteiger partial charge in [0.25, 0.3) is 5.69 Å². The summed E-state index contributed by atoms with van der Waals surface area (Å²) in [6, 6.07) is 3.27. The molecule has 0 aliphatic rings. The number of anilines is 1. The first-order valence-electron chi connectivity index (χ1n) is 5.52. The third-order valence-electron chi connectivity index (χ3n) is 2.28. The normalized spacial score (nSPS) is 9.75. The Morgan fingerprint density at radius 2 is 1.70 bits per heavy atom. The Hall–Kier alpha value is -2.77. The molecule has 0 heterocycles. The number of benzene rings is 1. The second-order valence-corrected chi connectivity index (χ2v) is 3.88. The Morgan fingerprint density at radius 1 is 1.15 bits per heavy atom. The summed E-state index contributed by atoms with van der Waals surface area (Å²) in [6.07, 6.45) is 0. The lowest BCUT2D eigenvalue weighted by Crippen LogP contribution is -2.33. The van der Waals surface area contributed by atoms with Gasteiger partial charge in [-0.15, -0.1) is 0 Å². The number of nitro benzene ring substituents is 1. The molecule has 0 radical (unpaired) electrons. The van der Waals surface area contributed by atoms with E-state index in [9.17, 15) is 24.5 Å². The number of hydrogen-bond donors (Lipinski definition) is 0. The van der Waals surface area contributed by atoms with Gasteiger partial charge in [-0.1, -0.05) is 0 Å². The Kier molecular flexibility index (Phi) is 4.52. The molecular weight excluding hydrogens is 268 g/mol. The van der Waals surface area contributed by atoms with E-state index in [1.165, 1.54) is 6.07 Å². The Bertz CT molecular complexity index is 582. The number of esters is 1. The molecule has 0 atom stereocenters. The Balaban J connectivity index is 3.43. The maximum atomic E-state index is 11.5. The van der Waals surface area contributed by atoms with Crippen molar-refractivity contribution in [2.24, 2.45) is 0 Å². The first-order chi connectivity index (χ1) is 9.23. The van der Waals surface area contributed by atoms with Crippen LogP contribution in [0.1, 0.15) is 20.8 Å². The van der Waals surface area contributed by atoms with E-state index in [2.05, 4.69) is 0 Å². The molecule has 106 valence electrons. The highest BCUT2D eigenvalue weighted by Gasteiger charge is 2.23. The predicted molar refractivity (Wildman–Crippen MR) is 68.2 cm³/mol. The lowest BCUT2D eigenvalue weighted by atomic mass is 10.2. The van der Waals surface area contributed by atoms with Gasteiger partial charge < -0.3 is 4.74 Å². The van der Waals surface area contributed by atoms with Gasteiger partial charge in [-0.3, -0.25) is 24.5 Å². The predicted octanol–water partition coefficient (Wildman–Crippen LogP) is 1.42. The Morgan fingerprint density at radius 3 is 2.10 bits per heavy atom. The third-order valence-corrected chi connectivity index (χ3v) is 2.28. The minimum absolute atomic E-state index is 0.0224. The zero-order valence-corrected chi connectivity index (χ0v) is 11.1. The molecule has 0 bridgehead atoms. The van der Waals surface area contributed by atoms with Crippen LogP contribution in [0.3, 0.4) is 0 Å². The molecule has 20 heavy (non-hydrogen) atoms. The van der Waals surface area contributed by atoms with Crippen molar-refractivity contribution in [2.45, 2.75) is 20.8 Å². The molecule has 0 aliphatic carbocycles. The molecule has 1 aromatic rings. The van der Waals surface area contributed by atoms with Gasteiger partial charge in [-0.2, -0.15) is 0 Å². The van der Waals surface area contributed by atoms with E-state index < -0.39 is 22.7 Å². The first kappa shape index (κ1) is 15.3. The summed E-state index contributed by atoms with van der Waals surface area (Å²) < 4.78 is 4.83. The molecule has 0 saturated heterocycles. The van der Waals surface area contributed by atoms with Crippen molar-refractivity contribution in [1.82, 2.24) is 0 Å². The number of non-ortho nitro benzene ring substituents is 1. The number of carbonyl (C=O) groups excluding carboxylic acids is 3. The van der Waals surface area contributed by atoms with Crippen LogP contribution in [0.5, 0.6) is 5.75 Å². The summed E-state index contributed by atoms with van der Waals surface area (Å²) in [6.45, 7) is 3.41. The molecule has 0 N–H and O–H groups in total. The molecule has 0 spiro atoms. The SMILES string of the molecule is CC(=O)Oc1cc([N+](=O)[O-])ccc1N(C(C)=O)C(C)=O. The van der Waals surface area contributed by atoms with Gasteiger partial charge in [0, 0.05) is 26.8 Å². The van der Waals surface area contributed by atoms with Gasteiger partial charge in [0.1, 0.15) is 0 Å². The molecular formula is C12H12N2O6. The van der Waals surface area contributed by atoms with E-state index in [1.807, 2.05) is 0 Å². The van der Waals surface area contributed by atoms with Crippen LogP contribution in [0.15, 0.2) is 18.2 Å². The van der Waals surface area contributed by atoms with E-state index in [0.29, 0.717) is 0 Å². The van der Waals surface area contributed by atoms with E-state index in [0.717, 1.165) is 37.8 Å². The molecule has 0 aliphatic heterocycles. The maximum Gasteiger partial charge on any atom is 0.308 e. The van der Waals surface area contributed by atoms with E-state index in [-0.39, 0.29) is 17.1 Å². The first-order valence-corrected chi connectivity index (χ1v) is 5.52. The van der Waals surface area contributed by atoms with Crippen molar-refractivity contribution in [3.63, 3.8) is 0 Å². The van der Waals surface area contributed by atoms with E-state index in [4.69, 9.17) is 4.74 Å². The van der Waals surface area contributed by atoms with Crippen molar-refractivity contribution in [3.05, 3.63) is 28.3 Å². The molecule has 1 aromatic carbocycles. The zero-order chi connectivity index (χ0) is 15.4. The summed E-state index contributed by atoms with van der Waals surface area (Å²) in [5.74, 6) is -2.14. The number of rotatable bonds is 3. The standard InChI is InChI=1S/C12H12N2O6/c1-7(15)13(8(2)16)11-5-4-10(14(18)19)6-12(11)20-9(3)17/h4-6H,1-3H3. The third kappa shape index (κ3) is 3.37. The zero-order valence-electron chi connectivity index (χ0n) is 11.1. The smallest absolute Gasteiger partial charge is 0.308 e. The largest absolute Gasteiger partial charge is 0.424 e. The number of imide groups is 1. The Labute approximate surface area is 114 Å². The summed E-state index contributed by atoms with van der Waals surface area (Å²) in [5.41, 5.74) is -0.345. The summed E-state index contributed by atoms with van der Waals surface area (Å²) in [5, 5.41) is 10.7. The number of nitrogens with zero attached hydrogens (tertiary/aromatic N) is 2.